The van der Waals surface area contributed by atoms with Gasteiger partial charge in [-0.25, -0.2) is 4.39 Å². The van der Waals surface area contributed by atoms with Crippen molar-refractivity contribution in [1.82, 2.24) is 4.90 Å². The Morgan fingerprint density at radius 1 is 1.26 bits per heavy atom. The van der Waals surface area contributed by atoms with Crippen LogP contribution in [0, 0.1) is 11.7 Å². The number of aliphatic hydroxyl groups is 2. The van der Waals surface area contributed by atoms with Gasteiger partial charge in [-0.1, -0.05) is 18.2 Å². The van der Waals surface area contributed by atoms with E-state index in [0.717, 1.165) is 13.0 Å². The zero-order valence-electron chi connectivity index (χ0n) is 13.5. The number of likely N-dealkylation sites (tertiary alicyclic amines) is 1. The first-order valence-corrected chi connectivity index (χ1v) is 8.50. The topological polar surface area (TPSA) is 52.9 Å². The number of hydrogen-bond donors (Lipinski definition) is 2. The Hall–Kier alpha value is -1.01. The van der Waals surface area contributed by atoms with Gasteiger partial charge in [0.25, 0.3) is 0 Å². The van der Waals surface area contributed by atoms with Crippen molar-refractivity contribution in [3.63, 3.8) is 0 Å². The van der Waals surface area contributed by atoms with E-state index in [4.69, 9.17) is 4.74 Å². The van der Waals surface area contributed by atoms with Crippen LogP contribution in [0.2, 0.25) is 0 Å². The summed E-state index contributed by atoms with van der Waals surface area (Å²) in [6.07, 6.45) is 2.21. The van der Waals surface area contributed by atoms with E-state index in [1.54, 1.807) is 12.1 Å². The predicted molar refractivity (Wildman–Crippen MR) is 85.7 cm³/mol. The molecule has 2 fully saturated rings. The zero-order valence-corrected chi connectivity index (χ0v) is 13.5. The molecule has 5 heteroatoms. The first-order chi connectivity index (χ1) is 11.1. The van der Waals surface area contributed by atoms with Crippen molar-refractivity contribution in [1.29, 1.82) is 0 Å². The van der Waals surface area contributed by atoms with Gasteiger partial charge in [-0.3, -0.25) is 4.90 Å². The van der Waals surface area contributed by atoms with Crippen LogP contribution < -0.4 is 0 Å². The van der Waals surface area contributed by atoms with Crippen LogP contribution in [0.15, 0.2) is 24.3 Å². The third kappa shape index (κ3) is 4.29. The molecule has 0 bridgehead atoms. The molecule has 1 aromatic carbocycles. The van der Waals surface area contributed by atoms with Crippen LogP contribution in [-0.2, 0) is 11.2 Å². The van der Waals surface area contributed by atoms with E-state index in [1.807, 2.05) is 6.07 Å². The molecular weight excluding hydrogens is 297 g/mol. The van der Waals surface area contributed by atoms with E-state index < -0.39 is 11.7 Å². The number of ether oxygens (including phenoxy) is 1. The monoisotopic (exact) mass is 323 g/mol. The molecule has 0 amide bonds. The van der Waals surface area contributed by atoms with E-state index in [9.17, 15) is 14.6 Å². The molecule has 2 saturated heterocycles. The highest BCUT2D eigenvalue weighted by Crippen LogP contribution is 2.27. The summed E-state index contributed by atoms with van der Waals surface area (Å²) in [4.78, 5) is 2.13. The summed E-state index contributed by atoms with van der Waals surface area (Å²) >= 11 is 0. The lowest BCUT2D eigenvalue weighted by molar-refractivity contribution is -0.0919. The molecule has 0 unspecified atom stereocenters. The van der Waals surface area contributed by atoms with Gasteiger partial charge < -0.3 is 14.9 Å². The second-order valence-corrected chi connectivity index (χ2v) is 6.98. The molecule has 2 N–H and O–H groups in total. The largest absolute Gasteiger partial charge is 0.391 e. The molecular formula is C18H26FNO3. The second-order valence-electron chi connectivity index (χ2n) is 6.98. The minimum atomic E-state index is -0.698. The first kappa shape index (κ1) is 16.8. The Kier molecular flexibility index (Phi) is 5.31. The number of halogens is 1. The third-order valence-electron chi connectivity index (χ3n) is 5.19. The third-order valence-corrected chi connectivity index (χ3v) is 5.19. The van der Waals surface area contributed by atoms with Crippen molar-refractivity contribution in [2.24, 2.45) is 5.92 Å². The van der Waals surface area contributed by atoms with Gasteiger partial charge in [0.1, 0.15) is 5.82 Å². The van der Waals surface area contributed by atoms with Gasteiger partial charge in [0, 0.05) is 39.1 Å². The van der Waals surface area contributed by atoms with Crippen molar-refractivity contribution in [2.75, 3.05) is 32.8 Å². The summed E-state index contributed by atoms with van der Waals surface area (Å²) in [5.41, 5.74) is -0.0239. The zero-order chi connectivity index (χ0) is 16.3. The minimum Gasteiger partial charge on any atom is -0.391 e. The molecule has 2 aliphatic rings. The fourth-order valence-electron chi connectivity index (χ4n) is 3.70. The highest BCUT2D eigenvalue weighted by molar-refractivity contribution is 5.18. The Bertz CT molecular complexity index is 519. The highest BCUT2D eigenvalue weighted by Gasteiger charge is 2.35. The average Bonchev–Trinajstić information content (AvgIpc) is 2.52. The SMILES string of the molecule is O[C@H]1CN(CC2(O)CCOCC2)CC[C@@H]1Cc1ccccc1F. The number of β-amino-alcohol motifs (C(OH)–C–C–N with tert-alkyl or cyclic N) is 2. The Labute approximate surface area is 136 Å². The summed E-state index contributed by atoms with van der Waals surface area (Å²) < 4.78 is 19.1. The smallest absolute Gasteiger partial charge is 0.126 e. The molecule has 128 valence electrons. The number of piperidine rings is 1. The molecule has 0 spiro atoms. The molecule has 2 heterocycles. The van der Waals surface area contributed by atoms with Crippen LogP contribution in [0.3, 0.4) is 0 Å². The fourth-order valence-corrected chi connectivity index (χ4v) is 3.70. The van der Waals surface area contributed by atoms with E-state index >= 15 is 0 Å². The van der Waals surface area contributed by atoms with Gasteiger partial charge in [-0.15, -0.1) is 0 Å². The maximum absolute atomic E-state index is 13.8. The van der Waals surface area contributed by atoms with Crippen LogP contribution in [0.5, 0.6) is 0 Å². The van der Waals surface area contributed by atoms with Gasteiger partial charge in [0.05, 0.1) is 11.7 Å². The molecule has 0 aromatic heterocycles. The van der Waals surface area contributed by atoms with E-state index in [1.165, 1.54) is 6.07 Å². The second kappa shape index (κ2) is 7.26. The Morgan fingerprint density at radius 3 is 2.70 bits per heavy atom. The molecule has 3 rings (SSSR count). The normalized spacial score (nSPS) is 28.7. The Balaban J connectivity index is 1.54. The summed E-state index contributed by atoms with van der Waals surface area (Å²) in [7, 11) is 0. The molecule has 0 radical (unpaired) electrons. The average molecular weight is 323 g/mol. The van der Waals surface area contributed by atoms with E-state index in [0.29, 0.717) is 51.1 Å². The lowest BCUT2D eigenvalue weighted by Gasteiger charge is -2.41. The number of nitrogens with zero attached hydrogens (tertiary/aromatic N) is 1. The molecule has 2 aliphatic heterocycles. The molecule has 1 aromatic rings. The van der Waals surface area contributed by atoms with Crippen molar-refractivity contribution in [3.8, 4) is 0 Å². The predicted octanol–water partition coefficient (Wildman–Crippen LogP) is 1.59. The standard InChI is InChI=1S/C18H26FNO3/c19-16-4-2-1-3-14(16)11-15-5-8-20(12-17(15)21)13-18(22)6-9-23-10-7-18/h1-4,15,17,21-22H,5-13H2/t15-,17+/m1/s1. The summed E-state index contributed by atoms with van der Waals surface area (Å²) in [5, 5.41) is 21.0. The summed E-state index contributed by atoms with van der Waals surface area (Å²) in [6.45, 7) is 3.16. The van der Waals surface area contributed by atoms with Gasteiger partial charge in [0.15, 0.2) is 0 Å². The number of benzene rings is 1. The number of hydrogen-bond acceptors (Lipinski definition) is 4. The van der Waals surface area contributed by atoms with Crippen LogP contribution in [0.25, 0.3) is 0 Å². The summed E-state index contributed by atoms with van der Waals surface area (Å²) in [5.74, 6) is -0.119. The molecule has 0 aliphatic carbocycles. The van der Waals surface area contributed by atoms with Crippen molar-refractivity contribution < 1.29 is 19.3 Å². The van der Waals surface area contributed by atoms with Gasteiger partial charge in [0.2, 0.25) is 0 Å². The molecule has 2 atom stereocenters. The minimum absolute atomic E-state index is 0.0764. The number of rotatable bonds is 4. The first-order valence-electron chi connectivity index (χ1n) is 8.50. The van der Waals surface area contributed by atoms with Crippen molar-refractivity contribution in [3.05, 3.63) is 35.6 Å². The highest BCUT2D eigenvalue weighted by atomic mass is 19.1. The van der Waals surface area contributed by atoms with Gasteiger partial charge in [-0.2, -0.15) is 0 Å². The van der Waals surface area contributed by atoms with Gasteiger partial charge in [-0.05, 0) is 36.9 Å². The molecule has 0 saturated carbocycles. The van der Waals surface area contributed by atoms with E-state index in [2.05, 4.69) is 4.90 Å². The molecule has 23 heavy (non-hydrogen) atoms. The van der Waals surface area contributed by atoms with Crippen molar-refractivity contribution >= 4 is 0 Å². The maximum Gasteiger partial charge on any atom is 0.126 e. The lowest BCUT2D eigenvalue weighted by atomic mass is 9.86. The quantitative estimate of drug-likeness (QED) is 0.884. The van der Waals surface area contributed by atoms with Gasteiger partial charge >= 0.3 is 0 Å². The summed E-state index contributed by atoms with van der Waals surface area (Å²) in [6, 6.07) is 6.78. The Morgan fingerprint density at radius 2 is 2.00 bits per heavy atom. The maximum atomic E-state index is 13.8. The van der Waals surface area contributed by atoms with Crippen LogP contribution in [-0.4, -0.2) is 59.7 Å². The van der Waals surface area contributed by atoms with Crippen molar-refractivity contribution in [2.45, 2.75) is 37.4 Å². The fraction of sp³-hybridized carbons (Fsp3) is 0.667. The van der Waals surface area contributed by atoms with Crippen LogP contribution in [0.4, 0.5) is 4.39 Å². The van der Waals surface area contributed by atoms with Crippen LogP contribution >= 0.6 is 0 Å². The number of aliphatic hydroxyl groups excluding tert-OH is 1. The molecule has 4 nitrogen and oxygen atoms in total. The van der Waals surface area contributed by atoms with E-state index in [-0.39, 0.29) is 11.7 Å². The lowest BCUT2D eigenvalue weighted by Crippen LogP contribution is -2.52. The van der Waals surface area contributed by atoms with Crippen LogP contribution in [0.1, 0.15) is 24.8 Å².